The Bertz CT molecular complexity index is 306. The molecule has 9 heteroatoms. The molecule has 0 aromatic carbocycles. The quantitative estimate of drug-likeness (QED) is 0.318. The minimum atomic E-state index is -3.41. The molecule has 0 amide bonds. The smallest absolute Gasteiger partial charge is 0.336 e. The number of nitrogens with two attached hydrogens (primary N) is 1. The van der Waals surface area contributed by atoms with Crippen LogP contribution in [0.15, 0.2) is 0 Å². The van der Waals surface area contributed by atoms with E-state index in [1.54, 1.807) is 0 Å². The highest BCUT2D eigenvalue weighted by molar-refractivity contribution is 6.13. The van der Waals surface area contributed by atoms with Gasteiger partial charge in [0.2, 0.25) is 5.54 Å². The first-order valence-electron chi connectivity index (χ1n) is 3.37. The molecule has 15 heavy (non-hydrogen) atoms. The van der Waals surface area contributed by atoms with Crippen LogP contribution in [0.25, 0.3) is 0 Å². The van der Waals surface area contributed by atoms with Crippen LogP contribution in [-0.2, 0) is 19.2 Å². The molecule has 0 fully saturated rings. The van der Waals surface area contributed by atoms with Crippen LogP contribution in [0.4, 0.5) is 0 Å². The monoisotopic (exact) mass is 221 g/mol. The molecule has 6 N–H and O–H groups in total. The van der Waals surface area contributed by atoms with Gasteiger partial charge in [-0.2, -0.15) is 0 Å². The van der Waals surface area contributed by atoms with Crippen molar-refractivity contribution < 1.29 is 39.6 Å². The molecular weight excluding hydrogens is 214 g/mol. The molecular formula is C6H7NO8. The summed E-state index contributed by atoms with van der Waals surface area (Å²) in [5, 5.41) is 33.7. The first kappa shape index (κ1) is 12.8. The van der Waals surface area contributed by atoms with E-state index in [-0.39, 0.29) is 0 Å². The van der Waals surface area contributed by atoms with Gasteiger partial charge in [-0.1, -0.05) is 0 Å². The third-order valence-electron chi connectivity index (χ3n) is 1.66. The van der Waals surface area contributed by atoms with E-state index in [1.807, 2.05) is 0 Å². The summed E-state index contributed by atoms with van der Waals surface area (Å²) in [4.78, 5) is 41.8. The lowest BCUT2D eigenvalue weighted by molar-refractivity contribution is -0.174. The minimum absolute atomic E-state index is 2.14. The van der Waals surface area contributed by atoms with Crippen molar-refractivity contribution >= 4 is 23.9 Å². The Morgan fingerprint density at radius 2 is 1.13 bits per heavy atom. The number of hydrogen-bond acceptors (Lipinski definition) is 5. The third kappa shape index (κ3) is 2.02. The van der Waals surface area contributed by atoms with Crippen molar-refractivity contribution in [3.8, 4) is 0 Å². The lowest BCUT2D eigenvalue weighted by atomic mass is 9.85. The Kier molecular flexibility index (Phi) is 3.36. The second kappa shape index (κ2) is 3.92. The maximum atomic E-state index is 10.5. The molecule has 0 unspecified atom stereocenters. The van der Waals surface area contributed by atoms with Gasteiger partial charge in [0, 0.05) is 0 Å². The maximum Gasteiger partial charge on any atom is 0.336 e. The molecule has 0 aliphatic carbocycles. The van der Waals surface area contributed by atoms with E-state index in [4.69, 9.17) is 26.2 Å². The molecule has 0 atom stereocenters. The van der Waals surface area contributed by atoms with Crippen molar-refractivity contribution in [2.24, 2.45) is 11.7 Å². The fraction of sp³-hybridized carbons (Fsp3) is 0.333. The van der Waals surface area contributed by atoms with Gasteiger partial charge in [0.25, 0.3) is 0 Å². The Hall–Kier alpha value is -2.16. The summed E-state index contributed by atoms with van der Waals surface area (Å²) in [6.45, 7) is 0. The molecule has 0 rings (SSSR count). The van der Waals surface area contributed by atoms with Crippen molar-refractivity contribution in [2.75, 3.05) is 0 Å². The number of aliphatic carboxylic acids is 4. The molecule has 9 nitrogen and oxygen atoms in total. The van der Waals surface area contributed by atoms with E-state index in [0.29, 0.717) is 0 Å². The molecule has 0 aromatic heterocycles. The third-order valence-corrected chi connectivity index (χ3v) is 1.66. The van der Waals surface area contributed by atoms with Crippen LogP contribution in [-0.4, -0.2) is 49.8 Å². The van der Waals surface area contributed by atoms with Gasteiger partial charge in [0.15, 0.2) is 5.92 Å². The van der Waals surface area contributed by atoms with Crippen LogP contribution in [0.2, 0.25) is 0 Å². The highest BCUT2D eigenvalue weighted by atomic mass is 16.4. The summed E-state index contributed by atoms with van der Waals surface area (Å²) in [5.74, 6) is -11.5. The maximum absolute atomic E-state index is 10.5. The number of carboxylic acid groups (broad SMARTS) is 4. The van der Waals surface area contributed by atoms with Crippen molar-refractivity contribution in [1.29, 1.82) is 0 Å². The molecule has 0 aliphatic heterocycles. The summed E-state index contributed by atoms with van der Waals surface area (Å²) < 4.78 is 0. The molecule has 0 saturated heterocycles. The molecule has 0 saturated carbocycles. The summed E-state index contributed by atoms with van der Waals surface area (Å²) in [5.41, 5.74) is 1.36. The van der Waals surface area contributed by atoms with Gasteiger partial charge in [0.05, 0.1) is 0 Å². The zero-order valence-corrected chi connectivity index (χ0v) is 7.08. The van der Waals surface area contributed by atoms with E-state index in [0.717, 1.165) is 0 Å². The van der Waals surface area contributed by atoms with Gasteiger partial charge in [-0.25, -0.2) is 9.59 Å². The molecule has 0 spiro atoms. The van der Waals surface area contributed by atoms with Crippen molar-refractivity contribution in [1.82, 2.24) is 0 Å². The summed E-state index contributed by atoms with van der Waals surface area (Å²) in [7, 11) is 0. The molecule has 0 aromatic rings. The second-order valence-electron chi connectivity index (χ2n) is 2.59. The van der Waals surface area contributed by atoms with E-state index in [9.17, 15) is 19.2 Å². The minimum Gasteiger partial charge on any atom is -0.481 e. The molecule has 0 bridgehead atoms. The van der Waals surface area contributed by atoms with Crippen molar-refractivity contribution in [3.63, 3.8) is 0 Å². The second-order valence-corrected chi connectivity index (χ2v) is 2.59. The van der Waals surface area contributed by atoms with Gasteiger partial charge >= 0.3 is 23.9 Å². The van der Waals surface area contributed by atoms with Gasteiger partial charge < -0.3 is 26.2 Å². The lowest BCUT2D eigenvalue weighted by Crippen LogP contribution is -2.64. The predicted octanol–water partition coefficient (Wildman–Crippen LogP) is -2.36. The van der Waals surface area contributed by atoms with Gasteiger partial charge in [-0.3, -0.25) is 9.59 Å². The van der Waals surface area contributed by atoms with Crippen molar-refractivity contribution in [3.05, 3.63) is 0 Å². The first-order chi connectivity index (χ1) is 6.65. The average Bonchev–Trinajstić information content (AvgIpc) is 2.01. The Morgan fingerprint density at radius 3 is 1.20 bits per heavy atom. The van der Waals surface area contributed by atoms with Crippen LogP contribution < -0.4 is 5.73 Å². The number of hydrogen-bond donors (Lipinski definition) is 5. The van der Waals surface area contributed by atoms with Crippen LogP contribution in [0.5, 0.6) is 0 Å². The zero-order chi connectivity index (χ0) is 12.4. The van der Waals surface area contributed by atoms with E-state index in [1.165, 1.54) is 0 Å². The predicted molar refractivity (Wildman–Crippen MR) is 41.0 cm³/mol. The molecule has 0 radical (unpaired) electrons. The van der Waals surface area contributed by atoms with Crippen LogP contribution in [0, 0.1) is 5.92 Å². The van der Waals surface area contributed by atoms with E-state index in [2.05, 4.69) is 0 Å². The highest BCUT2D eigenvalue weighted by Crippen LogP contribution is 2.17. The number of rotatable bonds is 5. The summed E-state index contributed by atoms with van der Waals surface area (Å²) >= 11 is 0. The van der Waals surface area contributed by atoms with Gasteiger partial charge in [0.1, 0.15) is 0 Å². The van der Waals surface area contributed by atoms with E-state index >= 15 is 0 Å². The number of carbonyl (C=O) groups is 4. The molecule has 0 heterocycles. The largest absolute Gasteiger partial charge is 0.481 e. The topological polar surface area (TPSA) is 175 Å². The summed E-state index contributed by atoms with van der Waals surface area (Å²) in [6.07, 6.45) is 0. The lowest BCUT2D eigenvalue weighted by Gasteiger charge is -2.23. The SMILES string of the molecule is NC(C(=O)O)(C(=O)O)C(C(=O)O)C(=O)O. The van der Waals surface area contributed by atoms with Gasteiger partial charge in [-0.15, -0.1) is 0 Å². The van der Waals surface area contributed by atoms with E-state index < -0.39 is 35.3 Å². The highest BCUT2D eigenvalue weighted by Gasteiger charge is 2.57. The fourth-order valence-corrected chi connectivity index (χ4v) is 0.834. The van der Waals surface area contributed by atoms with Gasteiger partial charge in [-0.05, 0) is 0 Å². The van der Waals surface area contributed by atoms with Crippen LogP contribution in [0.3, 0.4) is 0 Å². The Balaban J connectivity index is 5.59. The fourth-order valence-electron chi connectivity index (χ4n) is 0.834. The average molecular weight is 221 g/mol. The molecule has 84 valence electrons. The first-order valence-corrected chi connectivity index (χ1v) is 3.37. The zero-order valence-electron chi connectivity index (χ0n) is 7.08. The van der Waals surface area contributed by atoms with Crippen LogP contribution in [0.1, 0.15) is 0 Å². The van der Waals surface area contributed by atoms with Crippen LogP contribution >= 0.6 is 0 Å². The Morgan fingerprint density at radius 1 is 0.867 bits per heavy atom. The number of carboxylic acids is 4. The van der Waals surface area contributed by atoms with Crippen molar-refractivity contribution in [2.45, 2.75) is 5.54 Å². The molecule has 0 aliphatic rings. The standard InChI is InChI=1S/C6H7NO8/c7-6(4(12)13,5(14)15)1(2(8)9)3(10)11/h1H,7H2,(H,8,9)(H,10,11)(H,12,13)(H,14,15). The Labute approximate surface area is 81.7 Å². The summed E-state index contributed by atoms with van der Waals surface area (Å²) in [6, 6.07) is 0. The normalized spacial score (nSPS) is 11.1.